The Balaban J connectivity index is 2.99. The van der Waals surface area contributed by atoms with Crippen molar-refractivity contribution in [2.45, 2.75) is 20.3 Å². The summed E-state index contributed by atoms with van der Waals surface area (Å²) < 4.78 is 0. The highest BCUT2D eigenvalue weighted by Gasteiger charge is 2.19. The van der Waals surface area contributed by atoms with Gasteiger partial charge in [0.15, 0.2) is 0 Å². The van der Waals surface area contributed by atoms with Crippen LogP contribution in [0.2, 0.25) is 0 Å². The molecule has 0 heterocycles. The number of rotatable bonds is 4. The van der Waals surface area contributed by atoms with Gasteiger partial charge in [-0.15, -0.1) is 0 Å². The predicted molar refractivity (Wildman–Crippen MR) is 66.2 cm³/mol. The number of primary amides is 1. The molecule has 82 valence electrons. The van der Waals surface area contributed by atoms with Crippen LogP contribution in [-0.4, -0.2) is 11.2 Å². The highest BCUT2D eigenvalue weighted by atomic mass is 79.9. The van der Waals surface area contributed by atoms with Crippen LogP contribution >= 0.6 is 15.9 Å². The second-order valence-electron chi connectivity index (χ2n) is 4.50. The van der Waals surface area contributed by atoms with E-state index < -0.39 is 0 Å². The second-order valence-corrected chi connectivity index (χ2v) is 5.06. The van der Waals surface area contributed by atoms with Gasteiger partial charge in [0.1, 0.15) is 0 Å². The van der Waals surface area contributed by atoms with E-state index in [1.54, 1.807) is 6.07 Å². The Labute approximate surface area is 99.0 Å². The molecule has 0 unspecified atom stereocenters. The number of halogens is 1. The fourth-order valence-corrected chi connectivity index (χ4v) is 1.68. The lowest BCUT2D eigenvalue weighted by Crippen LogP contribution is -2.20. The molecule has 0 aliphatic heterocycles. The first-order valence-corrected chi connectivity index (χ1v) is 6.02. The predicted octanol–water partition coefficient (Wildman–Crippen LogP) is 2.75. The summed E-state index contributed by atoms with van der Waals surface area (Å²) >= 11 is 3.47. The summed E-state index contributed by atoms with van der Waals surface area (Å²) in [4.78, 5) is 11.2. The molecule has 0 aromatic heterocycles. The van der Waals surface area contributed by atoms with Crippen molar-refractivity contribution in [3.8, 4) is 0 Å². The third-order valence-corrected chi connectivity index (χ3v) is 3.83. The van der Waals surface area contributed by atoms with Crippen LogP contribution in [0, 0.1) is 5.41 Å². The first-order valence-electron chi connectivity index (χ1n) is 4.90. The fraction of sp³-hybridized carbons (Fsp3) is 0.417. The third kappa shape index (κ3) is 3.34. The van der Waals surface area contributed by atoms with E-state index in [0.29, 0.717) is 5.56 Å². The molecule has 15 heavy (non-hydrogen) atoms. The molecular weight excluding hydrogens is 254 g/mol. The number of hydrogen-bond donors (Lipinski definition) is 1. The molecule has 0 saturated heterocycles. The fourth-order valence-electron chi connectivity index (χ4n) is 1.48. The lowest BCUT2D eigenvalue weighted by atomic mass is 9.86. The minimum absolute atomic E-state index is 0.131. The molecule has 1 rings (SSSR count). The molecule has 0 radical (unpaired) electrons. The van der Waals surface area contributed by atoms with Crippen LogP contribution in [-0.2, 0) is 6.42 Å². The Morgan fingerprint density at radius 2 is 2.00 bits per heavy atom. The number of hydrogen-bond acceptors (Lipinski definition) is 1. The molecule has 0 aliphatic rings. The molecular formula is C12H16BrNO. The second kappa shape index (κ2) is 4.79. The van der Waals surface area contributed by atoms with Gasteiger partial charge in [-0.3, -0.25) is 4.79 Å². The van der Waals surface area contributed by atoms with Crippen molar-refractivity contribution >= 4 is 21.8 Å². The van der Waals surface area contributed by atoms with Crippen molar-refractivity contribution in [1.29, 1.82) is 0 Å². The van der Waals surface area contributed by atoms with Crippen molar-refractivity contribution < 1.29 is 4.79 Å². The molecule has 3 heteroatoms. The molecule has 0 spiro atoms. The molecule has 1 amide bonds. The normalized spacial score (nSPS) is 11.4. The molecule has 2 nitrogen and oxygen atoms in total. The molecule has 0 aliphatic carbocycles. The topological polar surface area (TPSA) is 43.1 Å². The van der Waals surface area contributed by atoms with Gasteiger partial charge in [-0.1, -0.05) is 48.0 Å². The van der Waals surface area contributed by atoms with Crippen LogP contribution < -0.4 is 5.73 Å². The first-order chi connectivity index (χ1) is 6.96. The van der Waals surface area contributed by atoms with Gasteiger partial charge in [0.05, 0.1) is 0 Å². The molecule has 1 aromatic carbocycles. The highest BCUT2D eigenvalue weighted by molar-refractivity contribution is 9.09. The van der Waals surface area contributed by atoms with Crippen molar-refractivity contribution in [2.24, 2.45) is 11.1 Å². The van der Waals surface area contributed by atoms with Crippen LogP contribution in [0.4, 0.5) is 0 Å². The lowest BCUT2D eigenvalue weighted by molar-refractivity contribution is 0.0999. The Morgan fingerprint density at radius 3 is 2.53 bits per heavy atom. The monoisotopic (exact) mass is 269 g/mol. The first kappa shape index (κ1) is 12.2. The Hall–Kier alpha value is -0.830. The van der Waals surface area contributed by atoms with Crippen LogP contribution in [0.3, 0.4) is 0 Å². The molecule has 0 saturated carbocycles. The molecule has 0 bridgehead atoms. The van der Waals surface area contributed by atoms with Gasteiger partial charge in [0.2, 0.25) is 5.91 Å². The average Bonchev–Trinajstić information content (AvgIpc) is 2.18. The average molecular weight is 270 g/mol. The van der Waals surface area contributed by atoms with Gasteiger partial charge in [-0.25, -0.2) is 0 Å². The summed E-state index contributed by atoms with van der Waals surface area (Å²) in [6.45, 7) is 4.30. The van der Waals surface area contributed by atoms with E-state index >= 15 is 0 Å². The van der Waals surface area contributed by atoms with E-state index in [2.05, 4.69) is 29.8 Å². The largest absolute Gasteiger partial charge is 0.366 e. The van der Waals surface area contributed by atoms with E-state index in [0.717, 1.165) is 17.3 Å². The zero-order valence-electron chi connectivity index (χ0n) is 9.09. The molecule has 0 fully saturated rings. The van der Waals surface area contributed by atoms with Crippen molar-refractivity contribution in [2.75, 3.05) is 5.33 Å². The summed E-state index contributed by atoms with van der Waals surface area (Å²) in [5, 5.41) is 0.896. The number of nitrogens with two attached hydrogens (primary N) is 1. The summed E-state index contributed by atoms with van der Waals surface area (Å²) in [6.07, 6.45) is 0.845. The highest BCUT2D eigenvalue weighted by Crippen LogP contribution is 2.25. The van der Waals surface area contributed by atoms with Crippen LogP contribution in [0.5, 0.6) is 0 Å². The number of benzene rings is 1. The Morgan fingerprint density at radius 1 is 1.40 bits per heavy atom. The van der Waals surface area contributed by atoms with Gasteiger partial charge in [0, 0.05) is 10.9 Å². The summed E-state index contributed by atoms with van der Waals surface area (Å²) in [6, 6.07) is 7.52. The van der Waals surface area contributed by atoms with E-state index in [1.165, 1.54) is 0 Å². The van der Waals surface area contributed by atoms with Crippen molar-refractivity contribution in [3.05, 3.63) is 35.4 Å². The summed E-state index contributed by atoms with van der Waals surface area (Å²) in [7, 11) is 0. The van der Waals surface area contributed by atoms with E-state index in [1.807, 2.05) is 18.2 Å². The quantitative estimate of drug-likeness (QED) is 0.840. The van der Waals surface area contributed by atoms with E-state index in [9.17, 15) is 4.79 Å². The minimum Gasteiger partial charge on any atom is -0.366 e. The maximum Gasteiger partial charge on any atom is 0.248 e. The zero-order chi connectivity index (χ0) is 11.5. The van der Waals surface area contributed by atoms with Crippen LogP contribution in [0.15, 0.2) is 24.3 Å². The van der Waals surface area contributed by atoms with Crippen molar-refractivity contribution in [1.82, 2.24) is 0 Å². The molecule has 1 aromatic rings. The van der Waals surface area contributed by atoms with Gasteiger partial charge in [-0.2, -0.15) is 0 Å². The number of alkyl halides is 1. The van der Waals surface area contributed by atoms with E-state index in [4.69, 9.17) is 5.73 Å². The standard InChI is InChI=1S/C12H16BrNO/c1-12(2,8-13)7-9-5-3-4-6-10(9)11(14)15/h3-6H,7-8H2,1-2H3,(H2,14,15). The zero-order valence-corrected chi connectivity index (χ0v) is 10.7. The minimum atomic E-state index is -0.351. The maximum absolute atomic E-state index is 11.2. The van der Waals surface area contributed by atoms with Gasteiger partial charge in [0.25, 0.3) is 0 Å². The SMILES string of the molecule is CC(C)(CBr)Cc1ccccc1C(N)=O. The maximum atomic E-state index is 11.2. The van der Waals surface area contributed by atoms with Crippen LogP contribution in [0.25, 0.3) is 0 Å². The number of carbonyl (C=O) groups is 1. The molecule has 2 N–H and O–H groups in total. The van der Waals surface area contributed by atoms with Crippen molar-refractivity contribution in [3.63, 3.8) is 0 Å². The molecule has 0 atom stereocenters. The van der Waals surface area contributed by atoms with Gasteiger partial charge < -0.3 is 5.73 Å². The smallest absolute Gasteiger partial charge is 0.248 e. The number of carbonyl (C=O) groups excluding carboxylic acids is 1. The van der Waals surface area contributed by atoms with E-state index in [-0.39, 0.29) is 11.3 Å². The van der Waals surface area contributed by atoms with Gasteiger partial charge >= 0.3 is 0 Å². The van der Waals surface area contributed by atoms with Crippen LogP contribution in [0.1, 0.15) is 29.8 Å². The summed E-state index contributed by atoms with van der Waals surface area (Å²) in [5.41, 5.74) is 7.11. The van der Waals surface area contributed by atoms with Gasteiger partial charge in [-0.05, 0) is 23.5 Å². The Bertz CT molecular complexity index is 360. The third-order valence-electron chi connectivity index (χ3n) is 2.31. The lowest BCUT2D eigenvalue weighted by Gasteiger charge is -2.22. The Kier molecular flexibility index (Phi) is 3.91. The number of amides is 1. The summed E-state index contributed by atoms with van der Waals surface area (Å²) in [5.74, 6) is -0.351.